The van der Waals surface area contributed by atoms with Crippen LogP contribution in [0.3, 0.4) is 0 Å². The van der Waals surface area contributed by atoms with Crippen LogP contribution in [-0.4, -0.2) is 98.5 Å². The maximum absolute atomic E-state index is 12.4. The lowest BCUT2D eigenvalue weighted by atomic mass is 10.2. The van der Waals surface area contributed by atoms with E-state index in [1.165, 1.54) is 0 Å². The lowest BCUT2D eigenvalue weighted by molar-refractivity contribution is -0.133. The standard InChI is InChI=1S/C16H29N3O5S/c1-3-17(14-6-12-25(22,23)13-14)7-5-15(20)18-8-10-19(11-9-18)16(21)24-4-2/h14H,3-13H2,1-2H3. The Balaban J connectivity index is 1.76. The zero-order chi connectivity index (χ0) is 18.4. The molecular formula is C16H29N3O5S. The number of sulfone groups is 1. The molecule has 1 unspecified atom stereocenters. The van der Waals surface area contributed by atoms with E-state index in [0.29, 0.717) is 52.2 Å². The number of amides is 2. The molecule has 2 saturated heterocycles. The second kappa shape index (κ2) is 8.84. The Morgan fingerprint density at radius 3 is 2.28 bits per heavy atom. The molecule has 0 aromatic rings. The third-order valence-electron chi connectivity index (χ3n) is 4.90. The molecule has 0 aromatic carbocycles. The van der Waals surface area contributed by atoms with Crippen LogP contribution in [0.4, 0.5) is 4.79 Å². The normalized spacial score (nSPS) is 23.1. The molecular weight excluding hydrogens is 346 g/mol. The van der Waals surface area contributed by atoms with Crippen molar-refractivity contribution in [2.45, 2.75) is 32.7 Å². The van der Waals surface area contributed by atoms with E-state index in [9.17, 15) is 18.0 Å². The largest absolute Gasteiger partial charge is 0.450 e. The van der Waals surface area contributed by atoms with Gasteiger partial charge in [0.05, 0.1) is 18.1 Å². The topological polar surface area (TPSA) is 87.2 Å². The second-order valence-corrected chi connectivity index (χ2v) is 8.73. The van der Waals surface area contributed by atoms with Crippen molar-refractivity contribution in [2.24, 2.45) is 0 Å². The summed E-state index contributed by atoms with van der Waals surface area (Å²) >= 11 is 0. The minimum atomic E-state index is -2.92. The van der Waals surface area contributed by atoms with Crippen LogP contribution in [-0.2, 0) is 19.4 Å². The quantitative estimate of drug-likeness (QED) is 0.658. The van der Waals surface area contributed by atoms with Crippen LogP contribution in [0.25, 0.3) is 0 Å². The van der Waals surface area contributed by atoms with E-state index in [1.54, 1.807) is 16.7 Å². The first-order chi connectivity index (χ1) is 11.9. The number of ether oxygens (including phenoxy) is 1. The van der Waals surface area contributed by atoms with Crippen molar-refractivity contribution in [2.75, 3.05) is 57.4 Å². The summed E-state index contributed by atoms with van der Waals surface area (Å²) in [7, 11) is -2.92. The summed E-state index contributed by atoms with van der Waals surface area (Å²) in [5.74, 6) is 0.508. The fourth-order valence-corrected chi connectivity index (χ4v) is 5.17. The van der Waals surface area contributed by atoms with Gasteiger partial charge in [0.25, 0.3) is 0 Å². The van der Waals surface area contributed by atoms with Crippen molar-refractivity contribution < 1.29 is 22.7 Å². The van der Waals surface area contributed by atoms with Gasteiger partial charge in [-0.25, -0.2) is 13.2 Å². The Hall–Kier alpha value is -1.35. The Labute approximate surface area is 150 Å². The highest BCUT2D eigenvalue weighted by Gasteiger charge is 2.32. The van der Waals surface area contributed by atoms with Crippen molar-refractivity contribution in [3.05, 3.63) is 0 Å². The van der Waals surface area contributed by atoms with Gasteiger partial charge in [-0.05, 0) is 19.9 Å². The minimum Gasteiger partial charge on any atom is -0.450 e. The van der Waals surface area contributed by atoms with Crippen molar-refractivity contribution in [1.29, 1.82) is 0 Å². The lowest BCUT2D eigenvalue weighted by Crippen LogP contribution is -2.51. The van der Waals surface area contributed by atoms with Crippen LogP contribution < -0.4 is 0 Å². The van der Waals surface area contributed by atoms with Crippen molar-refractivity contribution >= 4 is 21.8 Å². The summed E-state index contributed by atoms with van der Waals surface area (Å²) in [5, 5.41) is 0. The molecule has 2 rings (SSSR count). The predicted octanol–water partition coefficient (Wildman–Crippen LogP) is 0.186. The molecule has 0 spiro atoms. The Morgan fingerprint density at radius 2 is 1.76 bits per heavy atom. The molecule has 0 N–H and O–H groups in total. The van der Waals surface area contributed by atoms with Gasteiger partial charge >= 0.3 is 6.09 Å². The number of hydrogen-bond acceptors (Lipinski definition) is 6. The molecule has 0 aliphatic carbocycles. The fourth-order valence-electron chi connectivity index (χ4n) is 3.41. The van der Waals surface area contributed by atoms with Gasteiger partial charge in [-0.1, -0.05) is 6.92 Å². The number of carbonyl (C=O) groups is 2. The SMILES string of the molecule is CCOC(=O)N1CCN(C(=O)CCN(CC)C2CCS(=O)(=O)C2)CC1. The molecule has 0 saturated carbocycles. The lowest BCUT2D eigenvalue weighted by Gasteiger charge is -2.34. The molecule has 1 atom stereocenters. The van der Waals surface area contributed by atoms with E-state index in [0.717, 1.165) is 6.54 Å². The van der Waals surface area contributed by atoms with Gasteiger partial charge in [0, 0.05) is 45.2 Å². The fraction of sp³-hybridized carbons (Fsp3) is 0.875. The highest BCUT2D eigenvalue weighted by atomic mass is 32.2. The van der Waals surface area contributed by atoms with Gasteiger partial charge in [0.1, 0.15) is 0 Å². The van der Waals surface area contributed by atoms with Crippen molar-refractivity contribution in [3.63, 3.8) is 0 Å². The van der Waals surface area contributed by atoms with E-state index in [4.69, 9.17) is 4.74 Å². The van der Waals surface area contributed by atoms with Crippen LogP contribution in [0.2, 0.25) is 0 Å². The van der Waals surface area contributed by atoms with Crippen molar-refractivity contribution in [1.82, 2.24) is 14.7 Å². The highest BCUT2D eigenvalue weighted by molar-refractivity contribution is 7.91. The minimum absolute atomic E-state index is 0.0310. The van der Waals surface area contributed by atoms with Gasteiger partial charge in [0.2, 0.25) is 5.91 Å². The summed E-state index contributed by atoms with van der Waals surface area (Å²) in [5.41, 5.74) is 0. The molecule has 2 aliphatic heterocycles. The molecule has 0 bridgehead atoms. The van der Waals surface area contributed by atoms with Gasteiger partial charge in [-0.2, -0.15) is 0 Å². The van der Waals surface area contributed by atoms with Crippen LogP contribution in [0.15, 0.2) is 0 Å². The van der Waals surface area contributed by atoms with Gasteiger partial charge in [-0.15, -0.1) is 0 Å². The summed E-state index contributed by atoms with van der Waals surface area (Å²) in [6.45, 7) is 7.44. The Bertz CT molecular complexity index is 572. The zero-order valence-electron chi connectivity index (χ0n) is 15.1. The first kappa shape index (κ1) is 20.0. The first-order valence-electron chi connectivity index (χ1n) is 9.00. The molecule has 0 radical (unpaired) electrons. The smallest absolute Gasteiger partial charge is 0.409 e. The average Bonchev–Trinajstić information content (AvgIpc) is 2.95. The van der Waals surface area contributed by atoms with Crippen LogP contribution in [0, 0.1) is 0 Å². The Kier molecular flexibility index (Phi) is 7.06. The number of nitrogens with zero attached hydrogens (tertiary/aromatic N) is 3. The Morgan fingerprint density at radius 1 is 1.12 bits per heavy atom. The van der Waals surface area contributed by atoms with E-state index in [2.05, 4.69) is 4.90 Å². The summed E-state index contributed by atoms with van der Waals surface area (Å²) in [6.07, 6.45) is 0.709. The molecule has 25 heavy (non-hydrogen) atoms. The molecule has 144 valence electrons. The maximum atomic E-state index is 12.4. The van der Waals surface area contributed by atoms with Crippen LogP contribution in [0.1, 0.15) is 26.7 Å². The number of carbonyl (C=O) groups excluding carboxylic acids is 2. The molecule has 0 aromatic heterocycles. The maximum Gasteiger partial charge on any atom is 0.409 e. The number of hydrogen-bond donors (Lipinski definition) is 0. The van der Waals surface area contributed by atoms with E-state index >= 15 is 0 Å². The first-order valence-corrected chi connectivity index (χ1v) is 10.8. The van der Waals surface area contributed by atoms with Crippen LogP contribution >= 0.6 is 0 Å². The van der Waals surface area contributed by atoms with Gasteiger partial charge in [-0.3, -0.25) is 9.69 Å². The average molecular weight is 375 g/mol. The molecule has 2 heterocycles. The second-order valence-electron chi connectivity index (χ2n) is 6.50. The number of rotatable bonds is 6. The predicted molar refractivity (Wildman–Crippen MR) is 94.1 cm³/mol. The van der Waals surface area contributed by atoms with Crippen molar-refractivity contribution in [3.8, 4) is 0 Å². The molecule has 2 aliphatic rings. The molecule has 2 amide bonds. The van der Waals surface area contributed by atoms with Crippen LogP contribution in [0.5, 0.6) is 0 Å². The third kappa shape index (κ3) is 5.57. The number of piperazine rings is 1. The zero-order valence-corrected chi connectivity index (χ0v) is 16.0. The van der Waals surface area contributed by atoms with Gasteiger partial charge < -0.3 is 14.5 Å². The summed E-state index contributed by atoms with van der Waals surface area (Å²) in [6, 6.07) is 0.0310. The highest BCUT2D eigenvalue weighted by Crippen LogP contribution is 2.18. The van der Waals surface area contributed by atoms with Gasteiger partial charge in [0.15, 0.2) is 9.84 Å². The summed E-state index contributed by atoms with van der Waals surface area (Å²) < 4.78 is 28.2. The molecule has 2 fully saturated rings. The summed E-state index contributed by atoms with van der Waals surface area (Å²) in [4.78, 5) is 29.6. The van der Waals surface area contributed by atoms with E-state index in [1.807, 2.05) is 6.92 Å². The van der Waals surface area contributed by atoms with E-state index < -0.39 is 9.84 Å². The molecule has 8 nitrogen and oxygen atoms in total. The monoisotopic (exact) mass is 375 g/mol. The van der Waals surface area contributed by atoms with E-state index in [-0.39, 0.29) is 29.5 Å². The third-order valence-corrected chi connectivity index (χ3v) is 6.65. The molecule has 9 heteroatoms.